The standard InChI is InChI=1S/C18H18F2N2O4/c1-22(10-11-4-6-12(25-2)7-5-11)18(24)21-16-8-13(17(23)26-3)14(19)9-15(16)20/h4-9H,10H2,1-3H3,(H,21,24). The van der Waals surface area contributed by atoms with Gasteiger partial charge in [0.2, 0.25) is 0 Å². The van der Waals surface area contributed by atoms with E-state index < -0.39 is 29.2 Å². The van der Waals surface area contributed by atoms with E-state index in [0.717, 1.165) is 18.7 Å². The average Bonchev–Trinajstić information content (AvgIpc) is 2.63. The third-order valence-electron chi connectivity index (χ3n) is 3.63. The van der Waals surface area contributed by atoms with E-state index in [-0.39, 0.29) is 12.2 Å². The summed E-state index contributed by atoms with van der Waals surface area (Å²) < 4.78 is 37.0. The quantitative estimate of drug-likeness (QED) is 0.826. The lowest BCUT2D eigenvalue weighted by molar-refractivity contribution is 0.0595. The van der Waals surface area contributed by atoms with Crippen LogP contribution in [0.5, 0.6) is 5.75 Å². The number of anilines is 1. The third-order valence-corrected chi connectivity index (χ3v) is 3.63. The van der Waals surface area contributed by atoms with Gasteiger partial charge in [0.15, 0.2) is 0 Å². The molecule has 2 aromatic rings. The van der Waals surface area contributed by atoms with Gasteiger partial charge in [0.1, 0.15) is 17.4 Å². The van der Waals surface area contributed by atoms with Crippen LogP contribution in [0.15, 0.2) is 36.4 Å². The van der Waals surface area contributed by atoms with Crippen molar-refractivity contribution in [2.75, 3.05) is 26.6 Å². The molecule has 0 aromatic heterocycles. The SMILES string of the molecule is COC(=O)c1cc(NC(=O)N(C)Cc2ccc(OC)cc2)c(F)cc1F. The number of esters is 1. The number of rotatable bonds is 5. The van der Waals surface area contributed by atoms with E-state index in [9.17, 15) is 18.4 Å². The number of benzene rings is 2. The highest BCUT2D eigenvalue weighted by Gasteiger charge is 2.19. The Labute approximate surface area is 149 Å². The van der Waals surface area contributed by atoms with Crippen LogP contribution in [0.2, 0.25) is 0 Å². The van der Waals surface area contributed by atoms with Gasteiger partial charge in [-0.15, -0.1) is 0 Å². The van der Waals surface area contributed by atoms with E-state index in [0.29, 0.717) is 11.8 Å². The van der Waals surface area contributed by atoms with Crippen molar-refractivity contribution >= 4 is 17.7 Å². The van der Waals surface area contributed by atoms with E-state index in [1.807, 2.05) is 0 Å². The summed E-state index contributed by atoms with van der Waals surface area (Å²) >= 11 is 0. The Morgan fingerprint density at radius 1 is 1.08 bits per heavy atom. The van der Waals surface area contributed by atoms with Crippen molar-refractivity contribution in [1.29, 1.82) is 0 Å². The molecule has 0 heterocycles. The van der Waals surface area contributed by atoms with Crippen molar-refractivity contribution in [2.45, 2.75) is 6.54 Å². The number of halogens is 2. The van der Waals surface area contributed by atoms with Gasteiger partial charge in [-0.1, -0.05) is 12.1 Å². The third kappa shape index (κ3) is 4.47. The number of urea groups is 1. The van der Waals surface area contributed by atoms with Crippen LogP contribution in [0.4, 0.5) is 19.3 Å². The average molecular weight is 364 g/mol. The number of nitrogens with one attached hydrogen (secondary N) is 1. The number of ether oxygens (including phenoxy) is 2. The number of methoxy groups -OCH3 is 2. The Hall–Kier alpha value is -3.16. The lowest BCUT2D eigenvalue weighted by Gasteiger charge is -2.19. The maximum atomic E-state index is 13.9. The van der Waals surface area contributed by atoms with Crippen LogP contribution < -0.4 is 10.1 Å². The van der Waals surface area contributed by atoms with Crippen LogP contribution in [0, 0.1) is 11.6 Å². The van der Waals surface area contributed by atoms with Gasteiger partial charge >= 0.3 is 12.0 Å². The fourth-order valence-corrected chi connectivity index (χ4v) is 2.20. The number of carbonyl (C=O) groups excluding carboxylic acids is 2. The zero-order chi connectivity index (χ0) is 19.3. The molecule has 6 nitrogen and oxygen atoms in total. The van der Waals surface area contributed by atoms with Crippen molar-refractivity contribution in [2.24, 2.45) is 0 Å². The smallest absolute Gasteiger partial charge is 0.340 e. The highest BCUT2D eigenvalue weighted by molar-refractivity contribution is 5.94. The second kappa shape index (κ2) is 8.28. The summed E-state index contributed by atoms with van der Waals surface area (Å²) in [4.78, 5) is 25.0. The van der Waals surface area contributed by atoms with Crippen molar-refractivity contribution in [3.8, 4) is 5.75 Å². The first-order chi connectivity index (χ1) is 12.3. The van der Waals surface area contributed by atoms with Gasteiger partial charge in [0.25, 0.3) is 0 Å². The van der Waals surface area contributed by atoms with Gasteiger partial charge in [-0.25, -0.2) is 18.4 Å². The zero-order valence-corrected chi connectivity index (χ0v) is 14.5. The molecule has 0 unspecified atom stereocenters. The first-order valence-electron chi connectivity index (χ1n) is 7.58. The van der Waals surface area contributed by atoms with Gasteiger partial charge in [0, 0.05) is 19.7 Å². The topological polar surface area (TPSA) is 67.9 Å². The van der Waals surface area contributed by atoms with Gasteiger partial charge in [-0.2, -0.15) is 0 Å². The largest absolute Gasteiger partial charge is 0.497 e. The van der Waals surface area contributed by atoms with Gasteiger partial charge in [-0.3, -0.25) is 0 Å². The molecule has 0 bridgehead atoms. The van der Waals surface area contributed by atoms with Crippen molar-refractivity contribution < 1.29 is 27.8 Å². The molecule has 0 saturated heterocycles. The number of carbonyl (C=O) groups is 2. The van der Waals surface area contributed by atoms with Crippen LogP contribution >= 0.6 is 0 Å². The minimum absolute atomic E-state index is 0.252. The molecular weight excluding hydrogens is 346 g/mol. The summed E-state index contributed by atoms with van der Waals surface area (Å²) in [6, 6.07) is 7.88. The van der Waals surface area contributed by atoms with Gasteiger partial charge in [0.05, 0.1) is 25.5 Å². The molecule has 0 spiro atoms. The molecule has 26 heavy (non-hydrogen) atoms. The summed E-state index contributed by atoms with van der Waals surface area (Å²) in [6.45, 7) is 0.252. The predicted molar refractivity (Wildman–Crippen MR) is 91.2 cm³/mol. The number of hydrogen-bond donors (Lipinski definition) is 1. The minimum Gasteiger partial charge on any atom is -0.497 e. The summed E-state index contributed by atoms with van der Waals surface area (Å²) in [7, 11) is 4.14. The zero-order valence-electron chi connectivity index (χ0n) is 14.5. The lowest BCUT2D eigenvalue weighted by Crippen LogP contribution is -2.31. The van der Waals surface area contributed by atoms with Crippen molar-refractivity contribution in [3.63, 3.8) is 0 Å². The number of hydrogen-bond acceptors (Lipinski definition) is 4. The van der Waals surface area contributed by atoms with E-state index in [1.54, 1.807) is 31.4 Å². The normalized spacial score (nSPS) is 10.2. The van der Waals surface area contributed by atoms with Crippen LogP contribution in [0.3, 0.4) is 0 Å². The van der Waals surface area contributed by atoms with Crippen LogP contribution in [-0.2, 0) is 11.3 Å². The highest BCUT2D eigenvalue weighted by Crippen LogP contribution is 2.21. The Bertz CT molecular complexity index is 810. The molecule has 1 N–H and O–H groups in total. The molecule has 0 aliphatic carbocycles. The van der Waals surface area contributed by atoms with Crippen LogP contribution in [0.1, 0.15) is 15.9 Å². The first-order valence-corrected chi connectivity index (χ1v) is 7.58. The molecule has 0 fully saturated rings. The van der Waals surface area contributed by atoms with E-state index in [4.69, 9.17) is 4.74 Å². The predicted octanol–water partition coefficient (Wildman–Crippen LogP) is 3.42. The first kappa shape index (κ1) is 19.2. The molecule has 2 amide bonds. The Kier molecular flexibility index (Phi) is 6.11. The molecular formula is C18H18F2N2O4. The second-order valence-corrected chi connectivity index (χ2v) is 5.44. The van der Waals surface area contributed by atoms with Gasteiger partial charge < -0.3 is 19.7 Å². The molecule has 2 aromatic carbocycles. The second-order valence-electron chi connectivity index (χ2n) is 5.44. The van der Waals surface area contributed by atoms with E-state index in [2.05, 4.69) is 10.1 Å². The monoisotopic (exact) mass is 364 g/mol. The number of amides is 2. The van der Waals surface area contributed by atoms with Crippen molar-refractivity contribution in [3.05, 3.63) is 59.2 Å². The summed E-state index contributed by atoms with van der Waals surface area (Å²) in [5.74, 6) is -2.35. The fourth-order valence-electron chi connectivity index (χ4n) is 2.20. The summed E-state index contributed by atoms with van der Waals surface area (Å²) in [5, 5.41) is 2.31. The Morgan fingerprint density at radius 3 is 2.31 bits per heavy atom. The van der Waals surface area contributed by atoms with Crippen molar-refractivity contribution in [1.82, 2.24) is 4.90 Å². The molecule has 8 heteroatoms. The van der Waals surface area contributed by atoms with E-state index in [1.165, 1.54) is 11.9 Å². The highest BCUT2D eigenvalue weighted by atomic mass is 19.1. The van der Waals surface area contributed by atoms with Gasteiger partial charge in [-0.05, 0) is 23.8 Å². The molecule has 0 atom stereocenters. The molecule has 2 rings (SSSR count). The maximum absolute atomic E-state index is 13.9. The summed E-state index contributed by atoms with van der Waals surface area (Å²) in [6.07, 6.45) is 0. The molecule has 0 radical (unpaired) electrons. The molecule has 138 valence electrons. The van der Waals surface area contributed by atoms with Crippen LogP contribution in [-0.4, -0.2) is 38.2 Å². The minimum atomic E-state index is -1.07. The maximum Gasteiger partial charge on any atom is 0.340 e. The molecule has 0 aliphatic rings. The lowest BCUT2D eigenvalue weighted by atomic mass is 10.1. The van der Waals surface area contributed by atoms with E-state index >= 15 is 0 Å². The van der Waals surface area contributed by atoms with Crippen LogP contribution in [0.25, 0.3) is 0 Å². The summed E-state index contributed by atoms with van der Waals surface area (Å²) in [5.41, 5.74) is 0.0404. The Morgan fingerprint density at radius 2 is 1.73 bits per heavy atom. The Balaban J connectivity index is 2.11. The molecule has 0 aliphatic heterocycles. The number of nitrogens with zero attached hydrogens (tertiary/aromatic N) is 1. The fraction of sp³-hybridized carbons (Fsp3) is 0.222. The molecule has 0 saturated carbocycles.